The highest BCUT2D eigenvalue weighted by Crippen LogP contribution is 2.33. The van der Waals surface area contributed by atoms with Gasteiger partial charge in [0, 0.05) is 21.5 Å². The van der Waals surface area contributed by atoms with E-state index in [1.54, 1.807) is 36.4 Å². The number of hydrogen-bond acceptors (Lipinski definition) is 4. The van der Waals surface area contributed by atoms with Gasteiger partial charge >= 0.3 is 6.16 Å². The third kappa shape index (κ3) is 3.93. The molecular formula is C22H15ClN2O4. The Balaban J connectivity index is 1.95. The molecule has 0 unspecified atom stereocenters. The van der Waals surface area contributed by atoms with Crippen molar-refractivity contribution in [2.45, 2.75) is 0 Å². The van der Waals surface area contributed by atoms with Gasteiger partial charge in [-0.2, -0.15) is 0 Å². The van der Waals surface area contributed by atoms with Crippen LogP contribution in [0.2, 0.25) is 5.02 Å². The summed E-state index contributed by atoms with van der Waals surface area (Å²) in [6.45, 7) is 0. The van der Waals surface area contributed by atoms with Crippen molar-refractivity contribution in [3.05, 3.63) is 88.9 Å². The molecule has 1 heterocycles. The van der Waals surface area contributed by atoms with Crippen molar-refractivity contribution in [2.24, 2.45) is 4.99 Å². The van der Waals surface area contributed by atoms with E-state index in [2.05, 4.69) is 4.98 Å². The zero-order valence-electron chi connectivity index (χ0n) is 15.0. The molecule has 6 nitrogen and oxygen atoms in total. The van der Waals surface area contributed by atoms with E-state index in [1.807, 2.05) is 30.3 Å². The molecule has 0 atom stereocenters. The number of H-pyrrole nitrogens is 1. The minimum atomic E-state index is -1.41. The standard InChI is InChI=1S/C22H15ClN2O4/c23-14-6-8-15(9-7-14)24-20(13-4-2-1-3-5-13)19-17-12-16(29-22(27)28)10-11-18(17)25-21(19)26/h1-12,25-26H,(H,27,28). The minimum Gasteiger partial charge on any atom is -0.494 e. The van der Waals surface area contributed by atoms with E-state index < -0.39 is 6.16 Å². The molecule has 0 fully saturated rings. The Morgan fingerprint density at radius 2 is 1.72 bits per heavy atom. The second-order valence-corrected chi connectivity index (χ2v) is 6.66. The summed E-state index contributed by atoms with van der Waals surface area (Å²) in [6.07, 6.45) is -1.41. The third-order valence-electron chi connectivity index (χ3n) is 4.31. The van der Waals surface area contributed by atoms with Gasteiger partial charge in [-0.05, 0) is 42.5 Å². The molecule has 0 spiro atoms. The summed E-state index contributed by atoms with van der Waals surface area (Å²) in [6, 6.07) is 21.1. The molecule has 144 valence electrons. The Hall–Kier alpha value is -3.77. The maximum Gasteiger partial charge on any atom is 0.511 e. The Kier molecular flexibility index (Phi) is 4.93. The molecule has 1 aromatic heterocycles. The smallest absolute Gasteiger partial charge is 0.494 e. The summed E-state index contributed by atoms with van der Waals surface area (Å²) in [7, 11) is 0. The molecule has 0 aliphatic rings. The number of carboxylic acid groups (broad SMARTS) is 1. The van der Waals surface area contributed by atoms with Crippen LogP contribution in [0.3, 0.4) is 0 Å². The summed E-state index contributed by atoms with van der Waals surface area (Å²) in [5, 5.41) is 20.7. The van der Waals surface area contributed by atoms with Crippen molar-refractivity contribution >= 4 is 40.1 Å². The Labute approximate surface area is 170 Å². The maximum atomic E-state index is 10.9. The molecule has 0 bridgehead atoms. The van der Waals surface area contributed by atoms with Crippen LogP contribution in [0.25, 0.3) is 10.9 Å². The van der Waals surface area contributed by atoms with Gasteiger partial charge in [0.2, 0.25) is 0 Å². The van der Waals surface area contributed by atoms with Gasteiger partial charge in [0.15, 0.2) is 5.88 Å². The van der Waals surface area contributed by atoms with Crippen molar-refractivity contribution < 1.29 is 19.7 Å². The largest absolute Gasteiger partial charge is 0.511 e. The van der Waals surface area contributed by atoms with Crippen molar-refractivity contribution in [1.29, 1.82) is 0 Å². The number of fused-ring (bicyclic) bond motifs is 1. The van der Waals surface area contributed by atoms with Crippen LogP contribution >= 0.6 is 11.6 Å². The number of nitrogens with one attached hydrogen (secondary N) is 1. The van der Waals surface area contributed by atoms with E-state index >= 15 is 0 Å². The van der Waals surface area contributed by atoms with E-state index in [0.717, 1.165) is 5.56 Å². The highest BCUT2D eigenvalue weighted by atomic mass is 35.5. The average molecular weight is 407 g/mol. The van der Waals surface area contributed by atoms with Gasteiger partial charge in [-0.25, -0.2) is 9.79 Å². The van der Waals surface area contributed by atoms with Gasteiger partial charge in [0.25, 0.3) is 0 Å². The van der Waals surface area contributed by atoms with E-state index in [-0.39, 0.29) is 11.6 Å². The molecule has 29 heavy (non-hydrogen) atoms. The van der Waals surface area contributed by atoms with Crippen LogP contribution < -0.4 is 4.74 Å². The fraction of sp³-hybridized carbons (Fsp3) is 0. The van der Waals surface area contributed by atoms with E-state index in [1.165, 1.54) is 6.07 Å². The molecule has 0 aliphatic heterocycles. The number of aromatic amines is 1. The fourth-order valence-electron chi connectivity index (χ4n) is 3.07. The fourth-order valence-corrected chi connectivity index (χ4v) is 3.19. The van der Waals surface area contributed by atoms with Crippen molar-refractivity contribution in [2.75, 3.05) is 0 Å². The first kappa shape index (κ1) is 18.6. The second-order valence-electron chi connectivity index (χ2n) is 6.23. The summed E-state index contributed by atoms with van der Waals surface area (Å²) >= 11 is 5.97. The molecule has 0 radical (unpaired) electrons. The molecular weight excluding hydrogens is 392 g/mol. The zero-order valence-corrected chi connectivity index (χ0v) is 15.7. The van der Waals surface area contributed by atoms with Crippen LogP contribution in [0.4, 0.5) is 10.5 Å². The first-order valence-electron chi connectivity index (χ1n) is 8.67. The predicted molar refractivity (Wildman–Crippen MR) is 112 cm³/mol. The van der Waals surface area contributed by atoms with Crippen molar-refractivity contribution in [1.82, 2.24) is 4.98 Å². The topological polar surface area (TPSA) is 94.9 Å². The summed E-state index contributed by atoms with van der Waals surface area (Å²) in [4.78, 5) is 18.5. The number of halogens is 1. The first-order valence-corrected chi connectivity index (χ1v) is 9.04. The van der Waals surface area contributed by atoms with Crippen LogP contribution in [0.5, 0.6) is 11.6 Å². The molecule has 3 N–H and O–H groups in total. The minimum absolute atomic E-state index is 0.0796. The zero-order chi connectivity index (χ0) is 20.4. The number of carbonyl (C=O) groups is 1. The second kappa shape index (κ2) is 7.69. The van der Waals surface area contributed by atoms with E-state index in [9.17, 15) is 9.90 Å². The first-order chi connectivity index (χ1) is 14.0. The highest BCUT2D eigenvalue weighted by molar-refractivity contribution is 6.30. The summed E-state index contributed by atoms with van der Waals surface area (Å²) in [5.74, 6) is 0.0631. The lowest BCUT2D eigenvalue weighted by Crippen LogP contribution is -2.04. The van der Waals surface area contributed by atoms with Gasteiger partial charge < -0.3 is 19.9 Å². The van der Waals surface area contributed by atoms with Crippen LogP contribution in [0.1, 0.15) is 11.1 Å². The van der Waals surface area contributed by atoms with Gasteiger partial charge in [-0.3, -0.25) is 0 Å². The lowest BCUT2D eigenvalue weighted by atomic mass is 10.0. The average Bonchev–Trinajstić information content (AvgIpc) is 3.03. The number of benzene rings is 3. The lowest BCUT2D eigenvalue weighted by Gasteiger charge is -2.08. The van der Waals surface area contributed by atoms with Crippen molar-refractivity contribution in [3.8, 4) is 11.6 Å². The summed E-state index contributed by atoms with van der Waals surface area (Å²) < 4.78 is 4.77. The van der Waals surface area contributed by atoms with Crippen LogP contribution in [-0.4, -0.2) is 27.1 Å². The molecule has 0 aliphatic carbocycles. The van der Waals surface area contributed by atoms with E-state index in [4.69, 9.17) is 26.4 Å². The normalized spacial score (nSPS) is 11.6. The van der Waals surface area contributed by atoms with Gasteiger partial charge in [0.05, 0.1) is 17.0 Å². The number of nitrogens with zero attached hydrogens (tertiary/aromatic N) is 1. The third-order valence-corrected chi connectivity index (χ3v) is 4.56. The number of rotatable bonds is 4. The molecule has 4 aromatic rings. The number of ether oxygens (including phenoxy) is 1. The number of aromatic hydroxyl groups is 1. The molecule has 4 rings (SSSR count). The predicted octanol–water partition coefficient (Wildman–Crippen LogP) is 5.75. The van der Waals surface area contributed by atoms with E-state index in [0.29, 0.717) is 32.9 Å². The molecule has 7 heteroatoms. The Morgan fingerprint density at radius 1 is 1.00 bits per heavy atom. The van der Waals surface area contributed by atoms with Gasteiger partial charge in [0.1, 0.15) is 5.75 Å². The summed E-state index contributed by atoms with van der Waals surface area (Å²) in [5.41, 5.74) is 3.01. The Bertz CT molecular complexity index is 1220. The van der Waals surface area contributed by atoms with Gasteiger partial charge in [-0.1, -0.05) is 41.9 Å². The number of hydrogen-bond donors (Lipinski definition) is 3. The van der Waals surface area contributed by atoms with Crippen LogP contribution in [0, 0.1) is 0 Å². The van der Waals surface area contributed by atoms with Crippen LogP contribution in [-0.2, 0) is 0 Å². The lowest BCUT2D eigenvalue weighted by molar-refractivity contribution is 0.144. The quantitative estimate of drug-likeness (QED) is 0.228. The van der Waals surface area contributed by atoms with Gasteiger partial charge in [-0.15, -0.1) is 0 Å². The van der Waals surface area contributed by atoms with Crippen LogP contribution in [0.15, 0.2) is 77.8 Å². The number of aromatic nitrogens is 1. The molecule has 3 aromatic carbocycles. The molecule has 0 saturated heterocycles. The molecule has 0 amide bonds. The number of aliphatic imine (C=N–C) groups is 1. The highest BCUT2D eigenvalue weighted by Gasteiger charge is 2.19. The molecule has 0 saturated carbocycles. The Morgan fingerprint density at radius 3 is 2.41 bits per heavy atom. The van der Waals surface area contributed by atoms with Crippen molar-refractivity contribution in [3.63, 3.8) is 0 Å². The maximum absolute atomic E-state index is 10.9. The SMILES string of the molecule is O=C(O)Oc1ccc2[nH]c(O)c(C(=Nc3ccc(Cl)cc3)c3ccccc3)c2c1. The monoisotopic (exact) mass is 406 g/mol.